The number of epoxide rings is 1. The fraction of sp³-hybridized carbons (Fsp3) is 0.811. The predicted molar refractivity (Wildman–Crippen MR) is 174 cm³/mol. The minimum absolute atomic E-state index is 0.0368. The van der Waals surface area contributed by atoms with Crippen molar-refractivity contribution in [2.24, 2.45) is 39.7 Å². The van der Waals surface area contributed by atoms with Gasteiger partial charge in [0, 0.05) is 17.9 Å². The molecular formula is C37H58N2O6. The highest BCUT2D eigenvalue weighted by Gasteiger charge is 2.73. The molecule has 2 aliphatic heterocycles. The van der Waals surface area contributed by atoms with Crippen molar-refractivity contribution in [2.75, 3.05) is 6.54 Å². The van der Waals surface area contributed by atoms with Crippen LogP contribution in [0.4, 0.5) is 0 Å². The maximum atomic E-state index is 13.6. The van der Waals surface area contributed by atoms with Crippen LogP contribution < -0.4 is 11.1 Å². The van der Waals surface area contributed by atoms with Crippen LogP contribution in [0.2, 0.25) is 0 Å². The van der Waals surface area contributed by atoms with Crippen molar-refractivity contribution in [3.63, 3.8) is 0 Å². The molecule has 0 radical (unpaired) electrons. The first-order chi connectivity index (χ1) is 20.9. The van der Waals surface area contributed by atoms with Gasteiger partial charge in [0.2, 0.25) is 0 Å². The molecule has 0 aromatic carbocycles. The lowest BCUT2D eigenvalue weighted by Crippen LogP contribution is -2.62. The molecule has 6 aliphatic rings. The first kappa shape index (κ1) is 33.2. The average Bonchev–Trinajstić information content (AvgIpc) is 3.74. The van der Waals surface area contributed by atoms with E-state index >= 15 is 0 Å². The first-order valence-electron chi connectivity index (χ1n) is 17.6. The molecule has 0 bridgehead atoms. The number of nitrogens with two attached hydrogens (primary N) is 1. The van der Waals surface area contributed by atoms with Crippen molar-refractivity contribution in [3.05, 3.63) is 35.2 Å². The molecule has 4 fully saturated rings. The summed E-state index contributed by atoms with van der Waals surface area (Å²) in [6.07, 6.45) is 11.8. The van der Waals surface area contributed by atoms with Gasteiger partial charge < -0.3 is 36.2 Å². The molecule has 1 saturated heterocycles. The first-order valence-corrected chi connectivity index (χ1v) is 17.6. The van der Waals surface area contributed by atoms with Crippen LogP contribution in [-0.2, 0) is 9.53 Å². The Balaban J connectivity index is 1.25. The number of ketones is 1. The summed E-state index contributed by atoms with van der Waals surface area (Å²) < 4.78 is 6.35. The summed E-state index contributed by atoms with van der Waals surface area (Å²) in [5.74, 6) is 0.340. The number of aliphatic hydroxyl groups is 4. The van der Waals surface area contributed by atoms with Gasteiger partial charge in [0.1, 0.15) is 12.2 Å². The van der Waals surface area contributed by atoms with Crippen LogP contribution in [0.25, 0.3) is 0 Å². The SMILES string of the molecule is CCC[C@@](O)([C@H]1CC[C@@]2(O)C3=CC(=O)[C@@H]4C[C@@H](O)CC[C@]4(C)[C@H]3CC[C@]12C)[C@H]1O[C@@H]1[C@](C)(O)C(C)(C)CCC1=CCNC(N)=C1. The number of fused-ring (bicyclic) bond motifs is 5. The largest absolute Gasteiger partial charge is 0.393 e. The number of carbonyl (C=O) groups is 1. The number of allylic oxidation sites excluding steroid dienone is 3. The Labute approximate surface area is 269 Å². The van der Waals surface area contributed by atoms with E-state index in [0.29, 0.717) is 44.5 Å². The lowest BCUT2D eigenvalue weighted by molar-refractivity contribution is -0.157. The van der Waals surface area contributed by atoms with Gasteiger partial charge in [-0.3, -0.25) is 4.79 Å². The van der Waals surface area contributed by atoms with Gasteiger partial charge in [-0.2, -0.15) is 0 Å². The monoisotopic (exact) mass is 626 g/mol. The van der Waals surface area contributed by atoms with E-state index in [1.165, 1.54) is 0 Å². The Morgan fingerprint density at radius 3 is 2.44 bits per heavy atom. The quantitative estimate of drug-likeness (QED) is 0.206. The van der Waals surface area contributed by atoms with Crippen molar-refractivity contribution in [2.45, 2.75) is 147 Å². The molecule has 6 rings (SSSR count). The van der Waals surface area contributed by atoms with E-state index in [4.69, 9.17) is 10.5 Å². The van der Waals surface area contributed by atoms with Gasteiger partial charge in [-0.15, -0.1) is 0 Å². The molecule has 45 heavy (non-hydrogen) atoms. The second kappa shape index (κ2) is 10.9. The average molecular weight is 627 g/mol. The standard InChI is InChI=1S/C37H58N2O6/c1-7-13-36(43,31-30(45-31)35(6,42)32(2,3)14-8-22-12-18-39-29(38)19-22)28-11-17-37(44)25-21-27(41)26-20-23(40)9-15-33(26,4)24(25)10-16-34(28,37)5/h12,19,21,23-24,26,28,30-31,39-40,42-44H,7-11,13-18,20,38H2,1-6H3/t23-,24-,26-,28-,30-,31-,33+,34+,35-,36+,37+/m0/s1. The van der Waals surface area contributed by atoms with E-state index in [0.717, 1.165) is 49.7 Å². The molecule has 0 amide bonds. The van der Waals surface area contributed by atoms with Crippen molar-refractivity contribution in [1.29, 1.82) is 0 Å². The summed E-state index contributed by atoms with van der Waals surface area (Å²) in [7, 11) is 0. The van der Waals surface area contributed by atoms with E-state index in [9.17, 15) is 25.2 Å². The van der Waals surface area contributed by atoms with E-state index in [2.05, 4.69) is 46.0 Å². The Morgan fingerprint density at radius 2 is 1.76 bits per heavy atom. The van der Waals surface area contributed by atoms with Gasteiger partial charge in [-0.05, 0) is 117 Å². The van der Waals surface area contributed by atoms with E-state index in [-0.39, 0.29) is 29.0 Å². The van der Waals surface area contributed by atoms with E-state index in [1.54, 1.807) is 6.08 Å². The number of rotatable bonds is 9. The highest BCUT2D eigenvalue weighted by Crippen LogP contribution is 2.70. The van der Waals surface area contributed by atoms with Gasteiger partial charge in [0.25, 0.3) is 0 Å². The zero-order valence-electron chi connectivity index (χ0n) is 28.4. The lowest BCUT2D eigenvalue weighted by Gasteiger charge is -2.60. The summed E-state index contributed by atoms with van der Waals surface area (Å²) in [5.41, 5.74) is 2.99. The van der Waals surface area contributed by atoms with Gasteiger partial charge >= 0.3 is 0 Å². The van der Waals surface area contributed by atoms with Crippen molar-refractivity contribution < 1.29 is 30.0 Å². The summed E-state index contributed by atoms with van der Waals surface area (Å²) >= 11 is 0. The number of hydrogen-bond acceptors (Lipinski definition) is 8. The summed E-state index contributed by atoms with van der Waals surface area (Å²) in [6, 6.07) is 0. The predicted octanol–water partition coefficient (Wildman–Crippen LogP) is 4.41. The highest BCUT2D eigenvalue weighted by atomic mass is 16.6. The number of dihydropyridines is 1. The third kappa shape index (κ3) is 4.91. The minimum Gasteiger partial charge on any atom is -0.393 e. The van der Waals surface area contributed by atoms with Crippen LogP contribution in [0.1, 0.15) is 112 Å². The molecule has 7 N–H and O–H groups in total. The molecule has 0 aromatic heterocycles. The molecule has 2 heterocycles. The molecule has 8 nitrogen and oxygen atoms in total. The maximum absolute atomic E-state index is 13.6. The van der Waals surface area contributed by atoms with Gasteiger partial charge in [-0.1, -0.05) is 47.1 Å². The van der Waals surface area contributed by atoms with Crippen LogP contribution in [0.15, 0.2) is 35.2 Å². The maximum Gasteiger partial charge on any atom is 0.159 e. The number of carbonyl (C=O) groups excluding carboxylic acids is 1. The second-order valence-electron chi connectivity index (χ2n) is 17.0. The number of hydrogen-bond donors (Lipinski definition) is 6. The highest BCUT2D eigenvalue weighted by molar-refractivity contribution is 5.95. The van der Waals surface area contributed by atoms with E-state index < -0.39 is 45.9 Å². The molecule has 4 aliphatic carbocycles. The van der Waals surface area contributed by atoms with Crippen LogP contribution in [0.3, 0.4) is 0 Å². The normalized spacial score (nSPS) is 43.8. The number of aliphatic hydroxyl groups excluding tert-OH is 1. The van der Waals surface area contributed by atoms with Crippen molar-refractivity contribution >= 4 is 5.78 Å². The Kier molecular flexibility index (Phi) is 8.05. The number of ether oxygens (including phenoxy) is 1. The lowest BCUT2D eigenvalue weighted by atomic mass is 9.45. The molecular weight excluding hydrogens is 568 g/mol. The third-order valence-corrected chi connectivity index (χ3v) is 14.3. The van der Waals surface area contributed by atoms with Crippen LogP contribution in [0, 0.1) is 34.0 Å². The number of nitrogens with one attached hydrogen (secondary N) is 1. The molecule has 0 spiro atoms. The fourth-order valence-electron chi connectivity index (χ4n) is 10.8. The second-order valence-corrected chi connectivity index (χ2v) is 17.0. The van der Waals surface area contributed by atoms with E-state index in [1.807, 2.05) is 13.0 Å². The Hall–Kier alpha value is -1.71. The molecule has 0 unspecified atom stereocenters. The summed E-state index contributed by atoms with van der Waals surface area (Å²) in [6.45, 7) is 13.1. The third-order valence-electron chi connectivity index (χ3n) is 14.3. The van der Waals surface area contributed by atoms with Gasteiger partial charge in [0.15, 0.2) is 5.78 Å². The molecule has 11 atom stereocenters. The summed E-state index contributed by atoms with van der Waals surface area (Å²) in [5, 5.41) is 51.0. The van der Waals surface area contributed by atoms with Crippen LogP contribution in [0.5, 0.6) is 0 Å². The summed E-state index contributed by atoms with van der Waals surface area (Å²) in [4.78, 5) is 13.6. The molecule has 252 valence electrons. The van der Waals surface area contributed by atoms with Crippen LogP contribution >= 0.6 is 0 Å². The van der Waals surface area contributed by atoms with Crippen molar-refractivity contribution in [3.8, 4) is 0 Å². The van der Waals surface area contributed by atoms with Crippen molar-refractivity contribution in [1.82, 2.24) is 5.32 Å². The Bertz CT molecular complexity index is 1300. The van der Waals surface area contributed by atoms with Gasteiger partial charge in [-0.25, -0.2) is 0 Å². The van der Waals surface area contributed by atoms with Crippen LogP contribution in [-0.4, -0.2) is 67.9 Å². The zero-order chi connectivity index (χ0) is 32.8. The smallest absolute Gasteiger partial charge is 0.159 e. The topological polar surface area (TPSA) is 149 Å². The Morgan fingerprint density at radius 1 is 1.02 bits per heavy atom. The molecule has 8 heteroatoms. The molecule has 3 saturated carbocycles. The fourth-order valence-corrected chi connectivity index (χ4v) is 10.8. The van der Waals surface area contributed by atoms with Gasteiger partial charge in [0.05, 0.1) is 28.7 Å². The zero-order valence-corrected chi connectivity index (χ0v) is 28.4. The molecule has 0 aromatic rings. The minimum atomic E-state index is -1.22.